The molecule has 0 aliphatic rings. The van der Waals surface area contributed by atoms with Crippen LogP contribution in [0.3, 0.4) is 0 Å². The van der Waals surface area contributed by atoms with Gasteiger partial charge in [0.15, 0.2) is 5.65 Å². The molecule has 1 amide bonds. The Bertz CT molecular complexity index is 1510. The van der Waals surface area contributed by atoms with Gasteiger partial charge in [-0.15, -0.1) is 0 Å². The van der Waals surface area contributed by atoms with Gasteiger partial charge in [-0.1, -0.05) is 36.8 Å². The molecule has 3 aromatic heterocycles. The average molecular weight is 478 g/mol. The minimum Gasteiger partial charge on any atom is -0.344 e. The minimum atomic E-state index is -0.296. The highest BCUT2D eigenvalue weighted by Crippen LogP contribution is 2.28. The van der Waals surface area contributed by atoms with Crippen LogP contribution in [0.25, 0.3) is 28.0 Å². The Morgan fingerprint density at radius 1 is 1.00 bits per heavy atom. The third-order valence-corrected chi connectivity index (χ3v) is 6.06. The number of fused-ring (bicyclic) bond motifs is 1. The fourth-order valence-electron chi connectivity index (χ4n) is 4.21. The molecule has 0 fully saturated rings. The van der Waals surface area contributed by atoms with E-state index >= 15 is 0 Å². The molecule has 0 bridgehead atoms. The van der Waals surface area contributed by atoms with Gasteiger partial charge in [-0.2, -0.15) is 0 Å². The van der Waals surface area contributed by atoms with Gasteiger partial charge in [0.2, 0.25) is 0 Å². The molecule has 1 unspecified atom stereocenters. The van der Waals surface area contributed by atoms with Crippen LogP contribution in [0.5, 0.6) is 0 Å². The third-order valence-electron chi connectivity index (χ3n) is 6.06. The van der Waals surface area contributed by atoms with Crippen LogP contribution in [0.1, 0.15) is 53.7 Å². The Balaban J connectivity index is 1.63. The molecule has 8 heteroatoms. The van der Waals surface area contributed by atoms with E-state index in [1.54, 1.807) is 24.8 Å². The molecule has 5 rings (SSSR count). The number of rotatable bonds is 7. The van der Waals surface area contributed by atoms with Crippen LogP contribution in [0.2, 0.25) is 0 Å². The second-order valence-electron chi connectivity index (χ2n) is 8.81. The number of carbonyl (C=O) groups is 1. The van der Waals surface area contributed by atoms with Crippen LogP contribution in [-0.4, -0.2) is 35.4 Å². The molecule has 8 nitrogen and oxygen atoms in total. The summed E-state index contributed by atoms with van der Waals surface area (Å²) in [7, 11) is 0. The van der Waals surface area contributed by atoms with Crippen molar-refractivity contribution in [2.24, 2.45) is 0 Å². The topological polar surface area (TPSA) is 98.5 Å². The molecule has 36 heavy (non-hydrogen) atoms. The Kier molecular flexibility index (Phi) is 6.49. The Morgan fingerprint density at radius 3 is 2.58 bits per heavy atom. The molecule has 5 aromatic rings. The molecule has 1 N–H and O–H groups in total. The van der Waals surface area contributed by atoms with E-state index in [-0.39, 0.29) is 11.9 Å². The first-order chi connectivity index (χ1) is 17.5. The molecule has 1 atom stereocenters. The van der Waals surface area contributed by atoms with E-state index in [1.807, 2.05) is 23.6 Å². The fraction of sp³-hybridized carbons (Fsp3) is 0.214. The maximum absolute atomic E-state index is 13.5. The van der Waals surface area contributed by atoms with Crippen molar-refractivity contribution < 1.29 is 4.79 Å². The minimum absolute atomic E-state index is 0.195. The van der Waals surface area contributed by atoms with Crippen molar-refractivity contribution >= 4 is 17.1 Å². The van der Waals surface area contributed by atoms with E-state index < -0.39 is 0 Å². The van der Waals surface area contributed by atoms with E-state index in [2.05, 4.69) is 69.4 Å². The van der Waals surface area contributed by atoms with Crippen molar-refractivity contribution in [3.63, 3.8) is 0 Å². The van der Waals surface area contributed by atoms with Crippen molar-refractivity contribution in [3.05, 3.63) is 96.2 Å². The molecule has 0 aliphatic carbocycles. The van der Waals surface area contributed by atoms with Crippen LogP contribution in [-0.2, 0) is 6.42 Å². The normalized spacial score (nSPS) is 12.0. The molecule has 2 aromatic carbocycles. The van der Waals surface area contributed by atoms with Crippen molar-refractivity contribution in [3.8, 4) is 16.8 Å². The summed E-state index contributed by atoms with van der Waals surface area (Å²) in [6, 6.07) is 13.9. The van der Waals surface area contributed by atoms with Crippen molar-refractivity contribution in [1.29, 1.82) is 0 Å². The van der Waals surface area contributed by atoms with Gasteiger partial charge in [-0.25, -0.2) is 15.0 Å². The van der Waals surface area contributed by atoms with Gasteiger partial charge < -0.3 is 5.32 Å². The number of nitrogens with one attached hydrogen (secondary N) is 1. The number of imidazole rings is 1. The van der Waals surface area contributed by atoms with Gasteiger partial charge in [0.05, 0.1) is 29.8 Å². The number of hydrogen-bond acceptors (Lipinski definition) is 6. The van der Waals surface area contributed by atoms with E-state index in [9.17, 15) is 4.79 Å². The van der Waals surface area contributed by atoms with Gasteiger partial charge in [0.1, 0.15) is 17.7 Å². The molecule has 0 spiro atoms. The Morgan fingerprint density at radius 2 is 1.83 bits per heavy atom. The number of aromatic nitrogens is 6. The lowest BCUT2D eigenvalue weighted by molar-refractivity contribution is 0.0939. The summed E-state index contributed by atoms with van der Waals surface area (Å²) in [6.45, 7) is 6.07. The average Bonchev–Trinajstić information content (AvgIpc) is 3.27. The van der Waals surface area contributed by atoms with Gasteiger partial charge in [-0.3, -0.25) is 19.3 Å². The van der Waals surface area contributed by atoms with Crippen LogP contribution >= 0.6 is 0 Å². The lowest BCUT2D eigenvalue weighted by Gasteiger charge is -2.16. The van der Waals surface area contributed by atoms with E-state index in [1.165, 1.54) is 11.9 Å². The number of aryl methyl sites for hydroxylation is 2. The highest BCUT2D eigenvalue weighted by molar-refractivity contribution is 5.96. The molecule has 0 aliphatic heterocycles. The standard InChI is InChI=1S/C28H27N7O/c1-4-5-26-34-25-16-30-17-32-27(25)35(26)23-13-21(20-8-6-18(2)7-9-20)12-22(14-23)28(36)33-19(3)24-15-29-10-11-31-24/h6-17,19H,4-5H2,1-3H3,(H,33,36). The summed E-state index contributed by atoms with van der Waals surface area (Å²) in [6.07, 6.45) is 9.84. The van der Waals surface area contributed by atoms with Crippen LogP contribution in [0.15, 0.2) is 73.6 Å². The van der Waals surface area contributed by atoms with E-state index in [4.69, 9.17) is 4.98 Å². The zero-order valence-electron chi connectivity index (χ0n) is 20.5. The first-order valence-electron chi connectivity index (χ1n) is 12.0. The number of nitrogens with zero attached hydrogens (tertiary/aromatic N) is 6. The molecule has 3 heterocycles. The number of amides is 1. The van der Waals surface area contributed by atoms with Crippen molar-refractivity contribution in [1.82, 2.24) is 34.8 Å². The lowest BCUT2D eigenvalue weighted by Crippen LogP contribution is -2.27. The van der Waals surface area contributed by atoms with Crippen LogP contribution < -0.4 is 5.32 Å². The van der Waals surface area contributed by atoms with Gasteiger partial charge >= 0.3 is 0 Å². The predicted octanol–water partition coefficient (Wildman–Crippen LogP) is 5.02. The Hall–Kier alpha value is -4.46. The van der Waals surface area contributed by atoms with Crippen molar-refractivity contribution in [2.45, 2.75) is 39.7 Å². The molecule has 0 radical (unpaired) electrons. The maximum atomic E-state index is 13.5. The molecule has 0 saturated heterocycles. The highest BCUT2D eigenvalue weighted by atomic mass is 16.1. The monoisotopic (exact) mass is 477 g/mol. The van der Waals surface area contributed by atoms with E-state index in [0.29, 0.717) is 16.9 Å². The predicted molar refractivity (Wildman–Crippen MR) is 139 cm³/mol. The summed E-state index contributed by atoms with van der Waals surface area (Å²) in [5.74, 6) is 0.688. The smallest absolute Gasteiger partial charge is 0.251 e. The second-order valence-corrected chi connectivity index (χ2v) is 8.81. The maximum Gasteiger partial charge on any atom is 0.251 e. The van der Waals surface area contributed by atoms with E-state index in [0.717, 1.165) is 41.0 Å². The van der Waals surface area contributed by atoms with Crippen molar-refractivity contribution in [2.75, 3.05) is 0 Å². The molecule has 0 saturated carbocycles. The Labute approximate surface area is 209 Å². The lowest BCUT2D eigenvalue weighted by atomic mass is 10.00. The highest BCUT2D eigenvalue weighted by Gasteiger charge is 2.18. The quantitative estimate of drug-likeness (QED) is 0.353. The summed E-state index contributed by atoms with van der Waals surface area (Å²) < 4.78 is 2.03. The van der Waals surface area contributed by atoms with Crippen LogP contribution in [0.4, 0.5) is 0 Å². The summed E-state index contributed by atoms with van der Waals surface area (Å²) >= 11 is 0. The zero-order valence-corrected chi connectivity index (χ0v) is 20.5. The summed E-state index contributed by atoms with van der Waals surface area (Å²) in [5.41, 5.74) is 6.64. The molecular weight excluding hydrogens is 450 g/mol. The summed E-state index contributed by atoms with van der Waals surface area (Å²) in [5, 5.41) is 3.06. The SMILES string of the molecule is CCCc1nc2cncnc2n1-c1cc(C(=O)NC(C)c2cnccn2)cc(-c2ccc(C)cc2)c1. The second kappa shape index (κ2) is 10.0. The fourth-order valence-corrected chi connectivity index (χ4v) is 4.21. The van der Waals surface area contributed by atoms with Gasteiger partial charge in [0.25, 0.3) is 5.91 Å². The summed E-state index contributed by atoms with van der Waals surface area (Å²) in [4.78, 5) is 35.3. The van der Waals surface area contributed by atoms with Gasteiger partial charge in [0, 0.05) is 24.4 Å². The number of carbonyl (C=O) groups excluding carboxylic acids is 1. The zero-order chi connectivity index (χ0) is 25.1. The first kappa shape index (κ1) is 23.3. The molecule has 180 valence electrons. The number of benzene rings is 2. The first-order valence-corrected chi connectivity index (χ1v) is 12.0. The third kappa shape index (κ3) is 4.70. The largest absolute Gasteiger partial charge is 0.344 e. The van der Waals surface area contributed by atoms with Gasteiger partial charge in [-0.05, 0) is 49.6 Å². The van der Waals surface area contributed by atoms with Crippen LogP contribution in [0, 0.1) is 6.92 Å². The molecular formula is C28H27N7O. The number of hydrogen-bond donors (Lipinski definition) is 1.